The molecule has 0 aliphatic heterocycles. The molecular weight excluding hydrogens is 432 g/mol. The van der Waals surface area contributed by atoms with E-state index in [0.29, 0.717) is 26.4 Å². The summed E-state index contributed by atoms with van der Waals surface area (Å²) in [6.07, 6.45) is 13.6. The van der Waals surface area contributed by atoms with E-state index < -0.39 is 0 Å². The van der Waals surface area contributed by atoms with Gasteiger partial charge in [0.1, 0.15) is 0 Å². The molecule has 0 fully saturated rings. The van der Waals surface area contributed by atoms with Crippen molar-refractivity contribution < 1.29 is 19.7 Å². The topological polar surface area (TPSA) is 58.9 Å². The molecule has 0 aliphatic carbocycles. The third-order valence-corrected chi connectivity index (χ3v) is 6.09. The number of ether oxygens (including phenoxy) is 2. The van der Waals surface area contributed by atoms with Gasteiger partial charge in [0.25, 0.3) is 0 Å². The van der Waals surface area contributed by atoms with Crippen LogP contribution in [0.5, 0.6) is 0 Å². The van der Waals surface area contributed by atoms with Crippen molar-refractivity contribution in [3.8, 4) is 0 Å². The second-order valence-corrected chi connectivity index (χ2v) is 8.48. The molecule has 0 aromatic heterocycles. The predicted molar refractivity (Wildman–Crippen MR) is 123 cm³/mol. The van der Waals surface area contributed by atoms with Crippen LogP contribution in [0.25, 0.3) is 0 Å². The Labute approximate surface area is 186 Å². The molecule has 1 aromatic rings. The molecule has 4 nitrogen and oxygen atoms in total. The van der Waals surface area contributed by atoms with Crippen LogP contribution < -0.4 is 0 Å². The lowest BCUT2D eigenvalue weighted by Gasteiger charge is -2.11. The summed E-state index contributed by atoms with van der Waals surface area (Å²) >= 11 is 3.72. The molecule has 0 bridgehead atoms. The maximum Gasteiger partial charge on any atom is 0.0727 e. The van der Waals surface area contributed by atoms with Crippen LogP contribution in [-0.2, 0) is 22.7 Å². The van der Waals surface area contributed by atoms with Gasteiger partial charge in [-0.05, 0) is 36.8 Å². The summed E-state index contributed by atoms with van der Waals surface area (Å²) in [5, 5.41) is 17.5. The SMILES string of the molecule is OCCCCCCCCOCc1cccc(COCCCCCCCCO)c1Br. The van der Waals surface area contributed by atoms with E-state index in [9.17, 15) is 0 Å². The van der Waals surface area contributed by atoms with Gasteiger partial charge in [-0.3, -0.25) is 0 Å². The third kappa shape index (κ3) is 14.2. The Morgan fingerprint density at radius 2 is 0.966 bits per heavy atom. The van der Waals surface area contributed by atoms with E-state index >= 15 is 0 Å². The molecule has 0 heterocycles. The Hall–Kier alpha value is -0.460. The minimum absolute atomic E-state index is 0.314. The number of hydrogen-bond donors (Lipinski definition) is 2. The van der Waals surface area contributed by atoms with Crippen molar-refractivity contribution in [1.82, 2.24) is 0 Å². The summed E-state index contributed by atoms with van der Waals surface area (Å²) in [6, 6.07) is 6.29. The zero-order chi connectivity index (χ0) is 21.0. The molecule has 0 saturated heterocycles. The second-order valence-electron chi connectivity index (χ2n) is 7.69. The summed E-state index contributed by atoms with van der Waals surface area (Å²) in [6.45, 7) is 3.49. The Morgan fingerprint density at radius 3 is 1.38 bits per heavy atom. The highest BCUT2D eigenvalue weighted by Crippen LogP contribution is 2.23. The highest BCUT2D eigenvalue weighted by molar-refractivity contribution is 9.10. The van der Waals surface area contributed by atoms with E-state index in [0.717, 1.165) is 56.2 Å². The molecule has 0 radical (unpaired) electrons. The van der Waals surface area contributed by atoms with E-state index in [1.165, 1.54) is 49.7 Å². The zero-order valence-electron chi connectivity index (χ0n) is 18.0. The van der Waals surface area contributed by atoms with Crippen molar-refractivity contribution in [2.45, 2.75) is 90.3 Å². The van der Waals surface area contributed by atoms with Crippen molar-refractivity contribution in [3.05, 3.63) is 33.8 Å². The van der Waals surface area contributed by atoms with E-state index in [2.05, 4.69) is 34.1 Å². The van der Waals surface area contributed by atoms with Gasteiger partial charge in [0, 0.05) is 30.9 Å². The Bertz CT molecular complexity index is 456. The Morgan fingerprint density at radius 1 is 0.586 bits per heavy atom. The van der Waals surface area contributed by atoms with Gasteiger partial charge in [0.05, 0.1) is 13.2 Å². The molecule has 0 unspecified atom stereocenters. The number of aliphatic hydroxyl groups excluding tert-OH is 2. The predicted octanol–water partition coefficient (Wildman–Crippen LogP) is 6.15. The summed E-state index contributed by atoms with van der Waals surface area (Å²) in [5.41, 5.74) is 2.36. The molecule has 2 N–H and O–H groups in total. The zero-order valence-corrected chi connectivity index (χ0v) is 19.6. The number of hydrogen-bond acceptors (Lipinski definition) is 4. The first kappa shape index (κ1) is 26.6. The van der Waals surface area contributed by atoms with Crippen LogP contribution in [0.15, 0.2) is 22.7 Å². The lowest BCUT2D eigenvalue weighted by Crippen LogP contribution is -2.01. The minimum atomic E-state index is 0.314. The molecule has 29 heavy (non-hydrogen) atoms. The maximum atomic E-state index is 8.77. The van der Waals surface area contributed by atoms with Crippen molar-refractivity contribution in [2.24, 2.45) is 0 Å². The van der Waals surface area contributed by atoms with Gasteiger partial charge < -0.3 is 19.7 Å². The molecule has 0 spiro atoms. The second kappa shape index (κ2) is 19.5. The van der Waals surface area contributed by atoms with Crippen molar-refractivity contribution in [2.75, 3.05) is 26.4 Å². The first-order valence-electron chi connectivity index (χ1n) is 11.4. The lowest BCUT2D eigenvalue weighted by molar-refractivity contribution is 0.112. The molecule has 0 amide bonds. The third-order valence-electron chi connectivity index (χ3n) is 5.07. The highest BCUT2D eigenvalue weighted by atomic mass is 79.9. The average molecular weight is 473 g/mol. The largest absolute Gasteiger partial charge is 0.396 e. The van der Waals surface area contributed by atoms with Gasteiger partial charge in [-0.25, -0.2) is 0 Å². The molecule has 168 valence electrons. The fraction of sp³-hybridized carbons (Fsp3) is 0.750. The lowest BCUT2D eigenvalue weighted by atomic mass is 10.1. The quantitative estimate of drug-likeness (QED) is 0.223. The van der Waals surface area contributed by atoms with E-state index in [1.807, 2.05) is 0 Å². The molecule has 0 aliphatic rings. The summed E-state index contributed by atoms with van der Waals surface area (Å²) in [4.78, 5) is 0. The smallest absolute Gasteiger partial charge is 0.0727 e. The van der Waals surface area contributed by atoms with E-state index in [4.69, 9.17) is 19.7 Å². The van der Waals surface area contributed by atoms with Crippen LogP contribution in [-0.4, -0.2) is 36.6 Å². The van der Waals surface area contributed by atoms with Gasteiger partial charge >= 0.3 is 0 Å². The maximum absolute atomic E-state index is 8.77. The van der Waals surface area contributed by atoms with Crippen LogP contribution in [0.2, 0.25) is 0 Å². The van der Waals surface area contributed by atoms with Crippen molar-refractivity contribution in [1.29, 1.82) is 0 Å². The average Bonchev–Trinajstić information content (AvgIpc) is 2.73. The fourth-order valence-electron chi connectivity index (χ4n) is 3.27. The van der Waals surface area contributed by atoms with Gasteiger partial charge in [0.15, 0.2) is 0 Å². The number of benzene rings is 1. The standard InChI is InChI=1S/C24H41BrO4/c25-24-22(20-28-18-11-7-3-1-5-9-16-26)14-13-15-23(24)21-29-19-12-8-4-2-6-10-17-27/h13-15,26-27H,1-12,16-21H2. The Balaban J connectivity index is 2.11. The molecule has 5 heteroatoms. The van der Waals surface area contributed by atoms with Crippen LogP contribution in [0, 0.1) is 0 Å². The Kier molecular flexibility index (Phi) is 17.9. The van der Waals surface area contributed by atoms with Crippen molar-refractivity contribution in [3.63, 3.8) is 0 Å². The highest BCUT2D eigenvalue weighted by Gasteiger charge is 2.06. The van der Waals surface area contributed by atoms with Crippen molar-refractivity contribution >= 4 is 15.9 Å². The number of halogens is 1. The van der Waals surface area contributed by atoms with Crippen LogP contribution in [0.3, 0.4) is 0 Å². The molecule has 0 saturated carbocycles. The number of unbranched alkanes of at least 4 members (excludes halogenated alkanes) is 10. The molecule has 0 atom stereocenters. The fourth-order valence-corrected chi connectivity index (χ4v) is 3.76. The minimum Gasteiger partial charge on any atom is -0.396 e. The van der Waals surface area contributed by atoms with Gasteiger partial charge in [-0.15, -0.1) is 0 Å². The van der Waals surface area contributed by atoms with Gasteiger partial charge in [0.2, 0.25) is 0 Å². The molecular formula is C24H41BrO4. The normalized spacial score (nSPS) is 11.3. The number of aliphatic hydroxyl groups is 2. The van der Waals surface area contributed by atoms with Crippen LogP contribution in [0.1, 0.15) is 88.2 Å². The van der Waals surface area contributed by atoms with Gasteiger partial charge in [-0.1, -0.05) is 85.5 Å². The van der Waals surface area contributed by atoms with Gasteiger partial charge in [-0.2, -0.15) is 0 Å². The van der Waals surface area contributed by atoms with E-state index in [-0.39, 0.29) is 0 Å². The molecule has 1 rings (SSSR count). The van der Waals surface area contributed by atoms with Crippen LogP contribution in [0.4, 0.5) is 0 Å². The number of rotatable bonds is 20. The summed E-state index contributed by atoms with van der Waals surface area (Å²) in [5.74, 6) is 0. The summed E-state index contributed by atoms with van der Waals surface area (Å²) in [7, 11) is 0. The molecule has 1 aromatic carbocycles. The summed E-state index contributed by atoms with van der Waals surface area (Å²) < 4.78 is 12.8. The first-order valence-corrected chi connectivity index (χ1v) is 12.2. The monoisotopic (exact) mass is 472 g/mol. The van der Waals surface area contributed by atoms with E-state index in [1.54, 1.807) is 0 Å². The van der Waals surface area contributed by atoms with Crippen LogP contribution >= 0.6 is 15.9 Å². The first-order chi connectivity index (χ1) is 14.3.